The van der Waals surface area contributed by atoms with Crippen molar-refractivity contribution in [3.05, 3.63) is 70.3 Å². The van der Waals surface area contributed by atoms with Gasteiger partial charge in [-0.15, -0.1) is 0 Å². The molecule has 0 aromatic heterocycles. The van der Waals surface area contributed by atoms with Crippen LogP contribution in [0.25, 0.3) is 6.08 Å². The molecule has 204 valence electrons. The second kappa shape index (κ2) is 13.3. The van der Waals surface area contributed by atoms with E-state index in [1.165, 1.54) is 16.7 Å². The first-order chi connectivity index (χ1) is 17.3. The molecule has 5 nitrogen and oxygen atoms in total. The van der Waals surface area contributed by atoms with Crippen LogP contribution in [0.5, 0.6) is 5.75 Å². The van der Waals surface area contributed by atoms with Gasteiger partial charge in [-0.3, -0.25) is 4.79 Å². The minimum Gasteiger partial charge on any atom is -0.491 e. The molecule has 2 aromatic rings. The second-order valence-electron chi connectivity index (χ2n) is 11.3. The molecule has 0 fully saturated rings. The predicted octanol–water partition coefficient (Wildman–Crippen LogP) is 6.82. The number of aliphatic carboxylic acids is 1. The van der Waals surface area contributed by atoms with Crippen LogP contribution in [0.4, 0.5) is 0 Å². The third-order valence-corrected chi connectivity index (χ3v) is 7.46. The van der Waals surface area contributed by atoms with E-state index in [2.05, 4.69) is 51.1 Å². The maximum absolute atomic E-state index is 10.7. The summed E-state index contributed by atoms with van der Waals surface area (Å²) in [6, 6.07) is 12.9. The third-order valence-electron chi connectivity index (χ3n) is 7.46. The van der Waals surface area contributed by atoms with E-state index in [1.54, 1.807) is 0 Å². The Kier molecular flexibility index (Phi) is 11.0. The highest BCUT2D eigenvalue weighted by molar-refractivity contribution is 5.66. The molecule has 0 aliphatic rings. The van der Waals surface area contributed by atoms with Gasteiger partial charge in [-0.25, -0.2) is 0 Å². The average molecular weight is 511 g/mol. The third kappa shape index (κ3) is 8.18. The standard InChI is InChI=1S/C32H46O5/c1-8-32(9-2,25-15-13-24(22(3)19-25)14-18-29(34)31(5,6)7)26-16-17-28(23(4)20-26)37-21-27(33)11-10-12-30(35)36/h13-20,27,29,33-34H,8-12,21H2,1-7H3,(H,35,36)/b18-14+/t27-,29?/m0/s1. The quantitative estimate of drug-likeness (QED) is 0.275. The molecule has 0 spiro atoms. The Bertz CT molecular complexity index is 1060. The summed E-state index contributed by atoms with van der Waals surface area (Å²) in [5, 5.41) is 29.3. The fourth-order valence-corrected chi connectivity index (χ4v) is 4.74. The van der Waals surface area contributed by atoms with E-state index in [1.807, 2.05) is 45.9 Å². The Hall–Kier alpha value is -2.63. The van der Waals surface area contributed by atoms with Gasteiger partial charge in [0.05, 0.1) is 12.2 Å². The molecule has 1 unspecified atom stereocenters. The van der Waals surface area contributed by atoms with Crippen LogP contribution in [-0.4, -0.2) is 40.1 Å². The lowest BCUT2D eigenvalue weighted by atomic mass is 9.70. The summed E-state index contributed by atoms with van der Waals surface area (Å²) in [4.78, 5) is 10.7. The number of carboxylic acids is 1. The normalized spacial score (nSPS) is 14.1. The summed E-state index contributed by atoms with van der Waals surface area (Å²) in [6.07, 6.45) is 5.47. The number of rotatable bonds is 13. The maximum Gasteiger partial charge on any atom is 0.303 e. The Labute approximate surface area is 223 Å². The summed E-state index contributed by atoms with van der Waals surface area (Å²) in [6.45, 7) is 14.8. The van der Waals surface area contributed by atoms with Crippen molar-refractivity contribution in [2.24, 2.45) is 5.41 Å². The van der Waals surface area contributed by atoms with Gasteiger partial charge in [0.25, 0.3) is 0 Å². The highest BCUT2D eigenvalue weighted by Gasteiger charge is 2.31. The topological polar surface area (TPSA) is 87.0 Å². The lowest BCUT2D eigenvalue weighted by molar-refractivity contribution is -0.137. The molecule has 37 heavy (non-hydrogen) atoms. The Morgan fingerprint density at radius 1 is 0.973 bits per heavy atom. The van der Waals surface area contributed by atoms with Gasteiger partial charge >= 0.3 is 5.97 Å². The minimum absolute atomic E-state index is 0.0521. The molecular formula is C32H46O5. The lowest BCUT2D eigenvalue weighted by Gasteiger charge is -2.34. The zero-order valence-electron chi connectivity index (χ0n) is 23.7. The van der Waals surface area contributed by atoms with Crippen molar-refractivity contribution in [1.82, 2.24) is 0 Å². The van der Waals surface area contributed by atoms with E-state index in [4.69, 9.17) is 9.84 Å². The number of benzene rings is 2. The summed E-state index contributed by atoms with van der Waals surface area (Å²) in [5.74, 6) is -0.119. The molecule has 0 heterocycles. The zero-order chi connectivity index (χ0) is 27.8. The van der Waals surface area contributed by atoms with Crippen LogP contribution in [-0.2, 0) is 10.2 Å². The van der Waals surface area contributed by atoms with Crippen LogP contribution in [0, 0.1) is 19.3 Å². The molecule has 0 radical (unpaired) electrons. The van der Waals surface area contributed by atoms with Gasteiger partial charge in [-0.1, -0.05) is 77.1 Å². The molecule has 0 amide bonds. The van der Waals surface area contributed by atoms with Crippen molar-refractivity contribution in [3.63, 3.8) is 0 Å². The van der Waals surface area contributed by atoms with Crippen molar-refractivity contribution in [2.75, 3.05) is 6.61 Å². The van der Waals surface area contributed by atoms with Crippen molar-refractivity contribution < 1.29 is 24.9 Å². The van der Waals surface area contributed by atoms with Crippen molar-refractivity contribution in [3.8, 4) is 5.75 Å². The lowest BCUT2D eigenvalue weighted by Crippen LogP contribution is -2.26. The molecule has 2 aromatic carbocycles. The van der Waals surface area contributed by atoms with E-state index in [9.17, 15) is 15.0 Å². The average Bonchev–Trinajstić information content (AvgIpc) is 2.83. The van der Waals surface area contributed by atoms with Crippen molar-refractivity contribution in [1.29, 1.82) is 0 Å². The van der Waals surface area contributed by atoms with Crippen LogP contribution in [0.1, 0.15) is 94.5 Å². The van der Waals surface area contributed by atoms with Crippen molar-refractivity contribution >= 4 is 12.0 Å². The molecule has 0 aliphatic heterocycles. The Balaban J connectivity index is 2.24. The van der Waals surface area contributed by atoms with Gasteiger partial charge in [-0.2, -0.15) is 0 Å². The molecule has 0 bridgehead atoms. The highest BCUT2D eigenvalue weighted by atomic mass is 16.5. The molecule has 0 saturated carbocycles. The molecule has 0 saturated heterocycles. The number of carboxylic acid groups (broad SMARTS) is 1. The predicted molar refractivity (Wildman–Crippen MR) is 151 cm³/mol. The first-order valence-electron chi connectivity index (χ1n) is 13.4. The number of carbonyl (C=O) groups is 1. The number of aliphatic hydroxyl groups excluding tert-OH is 2. The Morgan fingerprint density at radius 3 is 2.08 bits per heavy atom. The van der Waals surface area contributed by atoms with Gasteiger partial charge in [-0.05, 0) is 78.8 Å². The van der Waals surface area contributed by atoms with E-state index in [-0.39, 0.29) is 23.9 Å². The molecule has 0 aliphatic carbocycles. The Morgan fingerprint density at radius 2 is 1.57 bits per heavy atom. The number of hydrogen-bond acceptors (Lipinski definition) is 4. The number of aryl methyl sites for hydroxylation is 2. The first kappa shape index (κ1) is 30.6. The van der Waals surface area contributed by atoms with Crippen LogP contribution in [0.3, 0.4) is 0 Å². The van der Waals surface area contributed by atoms with Gasteiger partial charge in [0.2, 0.25) is 0 Å². The number of aliphatic hydroxyl groups is 2. The van der Waals surface area contributed by atoms with Gasteiger partial charge in [0.1, 0.15) is 12.4 Å². The van der Waals surface area contributed by atoms with Crippen LogP contribution >= 0.6 is 0 Å². The van der Waals surface area contributed by atoms with Gasteiger partial charge < -0.3 is 20.1 Å². The first-order valence-corrected chi connectivity index (χ1v) is 13.4. The van der Waals surface area contributed by atoms with E-state index in [0.29, 0.717) is 12.8 Å². The summed E-state index contributed by atoms with van der Waals surface area (Å²) in [5.41, 5.74) is 5.45. The fraction of sp³-hybridized carbons (Fsp3) is 0.531. The van der Waals surface area contributed by atoms with E-state index in [0.717, 1.165) is 29.7 Å². The number of ether oxygens (including phenoxy) is 1. The summed E-state index contributed by atoms with van der Waals surface area (Å²) >= 11 is 0. The largest absolute Gasteiger partial charge is 0.491 e. The SMILES string of the molecule is CCC(CC)(c1ccc(/C=C/C(O)C(C)(C)C)c(C)c1)c1ccc(OC[C@@H](O)CCCC(=O)O)c(C)c1. The van der Waals surface area contributed by atoms with Crippen LogP contribution < -0.4 is 4.74 Å². The molecule has 5 heteroatoms. The summed E-state index contributed by atoms with van der Waals surface area (Å²) < 4.78 is 5.88. The molecule has 3 N–H and O–H groups in total. The van der Waals surface area contributed by atoms with Gasteiger partial charge in [0, 0.05) is 11.8 Å². The smallest absolute Gasteiger partial charge is 0.303 e. The van der Waals surface area contributed by atoms with Gasteiger partial charge in [0.15, 0.2) is 0 Å². The fourth-order valence-electron chi connectivity index (χ4n) is 4.74. The molecule has 2 rings (SSSR count). The maximum atomic E-state index is 10.7. The second-order valence-corrected chi connectivity index (χ2v) is 11.3. The monoisotopic (exact) mass is 510 g/mol. The summed E-state index contributed by atoms with van der Waals surface area (Å²) in [7, 11) is 0. The molecule has 2 atom stereocenters. The van der Waals surface area contributed by atoms with Crippen LogP contribution in [0.15, 0.2) is 42.5 Å². The highest BCUT2D eigenvalue weighted by Crippen LogP contribution is 2.41. The number of hydrogen-bond donors (Lipinski definition) is 3. The van der Waals surface area contributed by atoms with Crippen LogP contribution in [0.2, 0.25) is 0 Å². The van der Waals surface area contributed by atoms with E-state index < -0.39 is 18.2 Å². The van der Waals surface area contributed by atoms with Crippen molar-refractivity contribution in [2.45, 2.75) is 98.2 Å². The van der Waals surface area contributed by atoms with E-state index >= 15 is 0 Å². The minimum atomic E-state index is -0.851. The zero-order valence-corrected chi connectivity index (χ0v) is 23.7. The molecular weight excluding hydrogens is 464 g/mol.